The van der Waals surface area contributed by atoms with Crippen LogP contribution in [0.4, 0.5) is 0 Å². The minimum Gasteiger partial charge on any atom is -0.458 e. The molecule has 1 aromatic heterocycles. The number of para-hydroxylation sites is 2. The predicted molar refractivity (Wildman–Crippen MR) is 153 cm³/mol. The van der Waals surface area contributed by atoms with Gasteiger partial charge < -0.3 is 9.30 Å². The van der Waals surface area contributed by atoms with E-state index in [9.17, 15) is 0 Å². The Balaban J connectivity index is 1.56. The lowest BCUT2D eigenvalue weighted by Crippen LogP contribution is -2.58. The second-order valence-corrected chi connectivity index (χ2v) is 10.4. The molecule has 3 heterocycles. The van der Waals surface area contributed by atoms with Gasteiger partial charge in [0.05, 0.1) is 5.52 Å². The Kier molecular flexibility index (Phi) is 4.09. The van der Waals surface area contributed by atoms with Crippen LogP contribution in [0.5, 0.6) is 11.5 Å². The summed E-state index contributed by atoms with van der Waals surface area (Å²) in [6, 6.07) is 33.5. The molecule has 0 spiro atoms. The average Bonchev–Trinajstić information content (AvgIpc) is 3.26. The van der Waals surface area contributed by atoms with Crippen LogP contribution in [0.2, 0.25) is 0 Å². The highest BCUT2D eigenvalue weighted by Gasteiger charge is 2.42. The fraction of sp³-hybridized carbons (Fsp3) is 0.152. The number of fused-ring (bicyclic) bond motifs is 9. The van der Waals surface area contributed by atoms with Crippen molar-refractivity contribution in [1.82, 2.24) is 4.57 Å². The Bertz CT molecular complexity index is 1860. The van der Waals surface area contributed by atoms with Gasteiger partial charge in [-0.15, -0.1) is 0 Å². The summed E-state index contributed by atoms with van der Waals surface area (Å²) in [6.07, 6.45) is 2.31. The summed E-state index contributed by atoms with van der Waals surface area (Å²) in [6.45, 7) is 4.76. The van der Waals surface area contributed by atoms with E-state index in [1.54, 1.807) is 0 Å². The van der Waals surface area contributed by atoms with Crippen molar-refractivity contribution in [1.29, 1.82) is 0 Å². The molecule has 0 aliphatic carbocycles. The van der Waals surface area contributed by atoms with Crippen LogP contribution in [0.1, 0.15) is 38.2 Å². The number of rotatable bonds is 3. The Hall–Kier alpha value is -3.98. The summed E-state index contributed by atoms with van der Waals surface area (Å²) in [5.41, 5.74) is 9.15. The van der Waals surface area contributed by atoms with Gasteiger partial charge >= 0.3 is 0 Å². The molecule has 6 aromatic rings. The van der Waals surface area contributed by atoms with Gasteiger partial charge in [-0.2, -0.15) is 0 Å². The first-order valence-electron chi connectivity index (χ1n) is 13.1. The van der Waals surface area contributed by atoms with E-state index in [1.807, 2.05) is 0 Å². The molecule has 5 aromatic carbocycles. The third kappa shape index (κ3) is 2.48. The predicted octanol–water partition coefficient (Wildman–Crippen LogP) is 6.78. The zero-order valence-corrected chi connectivity index (χ0v) is 20.6. The number of ether oxygens (including phenoxy) is 1. The third-order valence-corrected chi connectivity index (χ3v) is 8.43. The largest absolute Gasteiger partial charge is 0.458 e. The number of nitrogens with zero attached hydrogens (tertiary/aromatic N) is 1. The van der Waals surface area contributed by atoms with Crippen molar-refractivity contribution in [2.45, 2.75) is 32.6 Å². The average molecular weight is 463 g/mol. The first kappa shape index (κ1) is 20.2. The minimum absolute atomic E-state index is 0.138. The van der Waals surface area contributed by atoms with Gasteiger partial charge in [-0.3, -0.25) is 0 Å². The summed E-state index contributed by atoms with van der Waals surface area (Å²) < 4.78 is 9.38. The SMILES string of the molecule is CCCC(C)c1cc2ccccc2c2c1Oc1cccc3c1B2c1cccc2c4ccccc4n-3c12. The van der Waals surface area contributed by atoms with Crippen LogP contribution in [0.15, 0.2) is 91.0 Å². The van der Waals surface area contributed by atoms with Crippen molar-refractivity contribution in [3.63, 3.8) is 0 Å². The normalized spacial score (nSPS) is 14.1. The summed E-state index contributed by atoms with van der Waals surface area (Å²) in [5, 5.41) is 5.23. The maximum Gasteiger partial charge on any atom is 0.257 e. The van der Waals surface area contributed by atoms with E-state index < -0.39 is 0 Å². The fourth-order valence-corrected chi connectivity index (χ4v) is 6.93. The van der Waals surface area contributed by atoms with Gasteiger partial charge in [-0.05, 0) is 69.3 Å². The molecule has 0 radical (unpaired) electrons. The molecule has 3 heteroatoms. The highest BCUT2D eigenvalue weighted by atomic mass is 16.5. The summed E-state index contributed by atoms with van der Waals surface area (Å²) >= 11 is 0. The van der Waals surface area contributed by atoms with Gasteiger partial charge in [-0.25, -0.2) is 0 Å². The van der Waals surface area contributed by atoms with Gasteiger partial charge in [0.2, 0.25) is 0 Å². The van der Waals surface area contributed by atoms with Gasteiger partial charge in [0.1, 0.15) is 11.5 Å². The molecule has 2 nitrogen and oxygen atoms in total. The fourth-order valence-electron chi connectivity index (χ4n) is 6.93. The maximum absolute atomic E-state index is 6.92. The molecule has 2 aliphatic heterocycles. The highest BCUT2D eigenvalue weighted by molar-refractivity contribution is 7.00. The van der Waals surface area contributed by atoms with E-state index in [1.165, 1.54) is 60.2 Å². The quantitative estimate of drug-likeness (QED) is 0.264. The Morgan fingerprint density at radius 1 is 0.806 bits per heavy atom. The molecule has 172 valence electrons. The lowest BCUT2D eigenvalue weighted by atomic mass is 9.34. The molecule has 0 bridgehead atoms. The third-order valence-electron chi connectivity index (χ3n) is 8.43. The molecule has 0 fully saturated rings. The monoisotopic (exact) mass is 463 g/mol. The first-order valence-corrected chi connectivity index (χ1v) is 13.1. The molecule has 1 unspecified atom stereocenters. The molecule has 0 N–H and O–H groups in total. The van der Waals surface area contributed by atoms with Crippen molar-refractivity contribution in [3.05, 3.63) is 96.6 Å². The van der Waals surface area contributed by atoms with Crippen LogP contribution in [0, 0.1) is 0 Å². The zero-order chi connectivity index (χ0) is 24.0. The maximum atomic E-state index is 6.92. The molecular formula is C33H26BNO. The number of aromatic nitrogens is 1. The highest BCUT2D eigenvalue weighted by Crippen LogP contribution is 2.41. The number of benzene rings is 5. The lowest BCUT2D eigenvalue weighted by Gasteiger charge is -2.35. The second-order valence-electron chi connectivity index (χ2n) is 10.4. The standard InChI is InChI=1S/C33H26BNO/c1-3-10-20(2)25-19-21-11-4-5-12-22(21)30-33(25)36-29-18-9-17-28-31(29)34(30)26-15-8-14-24-23-13-6-7-16-27(23)35(28)32(24)26/h4-9,11-20H,3,10H2,1-2H3. The molecule has 0 saturated heterocycles. The number of hydrogen-bond donors (Lipinski definition) is 0. The molecule has 36 heavy (non-hydrogen) atoms. The number of hydrogen-bond acceptors (Lipinski definition) is 1. The van der Waals surface area contributed by atoms with E-state index in [2.05, 4.69) is 109 Å². The van der Waals surface area contributed by atoms with Crippen molar-refractivity contribution in [2.75, 3.05) is 0 Å². The van der Waals surface area contributed by atoms with E-state index >= 15 is 0 Å². The molecule has 0 amide bonds. The van der Waals surface area contributed by atoms with Crippen molar-refractivity contribution in [3.8, 4) is 17.2 Å². The van der Waals surface area contributed by atoms with E-state index in [0.717, 1.165) is 24.3 Å². The van der Waals surface area contributed by atoms with Gasteiger partial charge in [0.25, 0.3) is 6.71 Å². The molecule has 0 saturated carbocycles. The van der Waals surface area contributed by atoms with Crippen molar-refractivity contribution in [2.24, 2.45) is 0 Å². The van der Waals surface area contributed by atoms with Crippen LogP contribution in [0.3, 0.4) is 0 Å². The smallest absolute Gasteiger partial charge is 0.257 e. The molecule has 8 rings (SSSR count). The Labute approximate surface area is 211 Å². The van der Waals surface area contributed by atoms with Crippen molar-refractivity contribution >= 4 is 55.7 Å². The van der Waals surface area contributed by atoms with E-state index in [0.29, 0.717) is 5.92 Å². The topological polar surface area (TPSA) is 14.2 Å². The molecule has 1 atom stereocenters. The zero-order valence-electron chi connectivity index (χ0n) is 20.6. The molecule has 2 aliphatic rings. The summed E-state index contributed by atoms with van der Waals surface area (Å²) in [7, 11) is 0. The summed E-state index contributed by atoms with van der Waals surface area (Å²) in [5.74, 6) is 2.50. The second kappa shape index (κ2) is 7.27. The molecular weight excluding hydrogens is 437 g/mol. The first-order chi connectivity index (χ1) is 17.8. The Morgan fingerprint density at radius 2 is 1.58 bits per heavy atom. The van der Waals surface area contributed by atoms with Crippen LogP contribution >= 0.6 is 0 Å². The van der Waals surface area contributed by atoms with Gasteiger partial charge in [-0.1, -0.05) is 87.0 Å². The van der Waals surface area contributed by atoms with Gasteiger partial charge in [0, 0.05) is 22.0 Å². The van der Waals surface area contributed by atoms with Crippen molar-refractivity contribution < 1.29 is 4.74 Å². The van der Waals surface area contributed by atoms with Crippen LogP contribution in [0.25, 0.3) is 38.3 Å². The van der Waals surface area contributed by atoms with E-state index in [-0.39, 0.29) is 6.71 Å². The van der Waals surface area contributed by atoms with Crippen LogP contribution in [-0.2, 0) is 0 Å². The lowest BCUT2D eigenvalue weighted by molar-refractivity contribution is 0.473. The minimum atomic E-state index is 0.138. The summed E-state index contributed by atoms with van der Waals surface area (Å²) in [4.78, 5) is 0. The van der Waals surface area contributed by atoms with Crippen LogP contribution in [-0.4, -0.2) is 11.3 Å². The Morgan fingerprint density at radius 3 is 2.47 bits per heavy atom. The van der Waals surface area contributed by atoms with Crippen LogP contribution < -0.4 is 21.1 Å². The van der Waals surface area contributed by atoms with E-state index in [4.69, 9.17) is 4.74 Å². The van der Waals surface area contributed by atoms with Gasteiger partial charge in [0.15, 0.2) is 0 Å².